The fourth-order valence-corrected chi connectivity index (χ4v) is 2.09. The standard InChI is InChI=1S/C12H18N4O2/c1-3-16-10(8-9(2)14-16)12(18)15-6-4-11(17)13-5-7-15/h8H,3-7H2,1-2H3,(H,13,17). The molecule has 2 heterocycles. The molecule has 1 fully saturated rings. The molecule has 0 saturated carbocycles. The second kappa shape index (κ2) is 5.20. The molecular weight excluding hydrogens is 232 g/mol. The highest BCUT2D eigenvalue weighted by Gasteiger charge is 2.22. The number of aromatic nitrogens is 2. The van der Waals surface area contributed by atoms with Crippen molar-refractivity contribution in [2.24, 2.45) is 0 Å². The van der Waals surface area contributed by atoms with Crippen LogP contribution in [0.1, 0.15) is 29.5 Å². The molecule has 18 heavy (non-hydrogen) atoms. The topological polar surface area (TPSA) is 67.2 Å². The first-order valence-electron chi connectivity index (χ1n) is 6.22. The number of hydrogen-bond acceptors (Lipinski definition) is 3. The van der Waals surface area contributed by atoms with Gasteiger partial charge in [-0.1, -0.05) is 0 Å². The van der Waals surface area contributed by atoms with Gasteiger partial charge in [0.05, 0.1) is 5.69 Å². The van der Waals surface area contributed by atoms with Crippen LogP contribution in [0, 0.1) is 6.92 Å². The minimum Gasteiger partial charge on any atom is -0.354 e. The number of carbonyl (C=O) groups excluding carboxylic acids is 2. The third-order valence-electron chi connectivity index (χ3n) is 3.02. The van der Waals surface area contributed by atoms with Gasteiger partial charge in [-0.05, 0) is 19.9 Å². The first kappa shape index (κ1) is 12.6. The Morgan fingerprint density at radius 3 is 3.00 bits per heavy atom. The van der Waals surface area contributed by atoms with Crippen LogP contribution in [0.4, 0.5) is 0 Å². The largest absolute Gasteiger partial charge is 0.354 e. The fourth-order valence-electron chi connectivity index (χ4n) is 2.09. The van der Waals surface area contributed by atoms with Crippen molar-refractivity contribution in [2.75, 3.05) is 19.6 Å². The Morgan fingerprint density at radius 1 is 1.50 bits per heavy atom. The lowest BCUT2D eigenvalue weighted by Gasteiger charge is -2.19. The van der Waals surface area contributed by atoms with E-state index in [2.05, 4.69) is 10.4 Å². The molecule has 0 atom stereocenters. The number of carbonyl (C=O) groups is 2. The van der Waals surface area contributed by atoms with Crippen LogP contribution in [0.2, 0.25) is 0 Å². The third kappa shape index (κ3) is 2.52. The Morgan fingerprint density at radius 2 is 2.28 bits per heavy atom. The number of rotatable bonds is 2. The second-order valence-electron chi connectivity index (χ2n) is 4.38. The van der Waals surface area contributed by atoms with E-state index < -0.39 is 0 Å². The summed E-state index contributed by atoms with van der Waals surface area (Å²) < 4.78 is 1.71. The third-order valence-corrected chi connectivity index (χ3v) is 3.02. The van der Waals surface area contributed by atoms with Crippen LogP contribution in [0.25, 0.3) is 0 Å². The lowest BCUT2D eigenvalue weighted by Crippen LogP contribution is -2.35. The average Bonchev–Trinajstić information content (AvgIpc) is 2.59. The SMILES string of the molecule is CCn1nc(C)cc1C(=O)N1CCNC(=O)CC1. The van der Waals surface area contributed by atoms with Gasteiger partial charge in [-0.3, -0.25) is 14.3 Å². The van der Waals surface area contributed by atoms with Gasteiger partial charge in [0.2, 0.25) is 5.91 Å². The van der Waals surface area contributed by atoms with Crippen LogP contribution in [-0.4, -0.2) is 46.1 Å². The van der Waals surface area contributed by atoms with Gasteiger partial charge in [0.1, 0.15) is 5.69 Å². The predicted octanol–water partition coefficient (Wildman–Crippen LogP) is 0.174. The Kier molecular flexibility index (Phi) is 3.64. The first-order valence-corrected chi connectivity index (χ1v) is 6.22. The monoisotopic (exact) mass is 250 g/mol. The molecule has 98 valence electrons. The summed E-state index contributed by atoms with van der Waals surface area (Å²) >= 11 is 0. The lowest BCUT2D eigenvalue weighted by molar-refractivity contribution is -0.120. The number of nitrogens with zero attached hydrogens (tertiary/aromatic N) is 3. The van der Waals surface area contributed by atoms with Gasteiger partial charge in [0.25, 0.3) is 5.91 Å². The maximum atomic E-state index is 12.4. The molecular formula is C12H18N4O2. The van der Waals surface area contributed by atoms with E-state index in [-0.39, 0.29) is 11.8 Å². The van der Waals surface area contributed by atoms with Crippen molar-refractivity contribution in [1.82, 2.24) is 20.0 Å². The summed E-state index contributed by atoms with van der Waals surface area (Å²) in [7, 11) is 0. The molecule has 0 unspecified atom stereocenters. The van der Waals surface area contributed by atoms with E-state index in [9.17, 15) is 9.59 Å². The number of hydrogen-bond donors (Lipinski definition) is 1. The van der Waals surface area contributed by atoms with Crippen molar-refractivity contribution in [3.63, 3.8) is 0 Å². The van der Waals surface area contributed by atoms with Crippen molar-refractivity contribution in [1.29, 1.82) is 0 Å². The minimum atomic E-state index is -0.0473. The quantitative estimate of drug-likeness (QED) is 0.814. The van der Waals surface area contributed by atoms with Crippen molar-refractivity contribution < 1.29 is 9.59 Å². The first-order chi connectivity index (χ1) is 8.61. The van der Waals surface area contributed by atoms with E-state index in [1.165, 1.54) is 0 Å². The lowest BCUT2D eigenvalue weighted by atomic mass is 10.3. The summed E-state index contributed by atoms with van der Waals surface area (Å²) in [5.74, 6) is -0.0422. The zero-order chi connectivity index (χ0) is 13.1. The highest BCUT2D eigenvalue weighted by Crippen LogP contribution is 2.09. The van der Waals surface area contributed by atoms with E-state index in [1.807, 2.05) is 13.8 Å². The summed E-state index contributed by atoms with van der Waals surface area (Å²) in [4.78, 5) is 25.3. The summed E-state index contributed by atoms with van der Waals surface area (Å²) in [6.07, 6.45) is 0.366. The summed E-state index contributed by atoms with van der Waals surface area (Å²) in [6, 6.07) is 1.80. The Bertz CT molecular complexity index is 467. The molecule has 6 heteroatoms. The van der Waals surface area contributed by atoms with E-state index in [0.29, 0.717) is 38.3 Å². The number of amides is 2. The summed E-state index contributed by atoms with van der Waals surface area (Å²) in [5, 5.41) is 7.03. The highest BCUT2D eigenvalue weighted by atomic mass is 16.2. The van der Waals surface area contributed by atoms with E-state index in [1.54, 1.807) is 15.6 Å². The number of aryl methyl sites for hydroxylation is 2. The molecule has 6 nitrogen and oxygen atoms in total. The zero-order valence-electron chi connectivity index (χ0n) is 10.8. The molecule has 0 radical (unpaired) electrons. The van der Waals surface area contributed by atoms with Crippen LogP contribution < -0.4 is 5.32 Å². The maximum absolute atomic E-state index is 12.4. The van der Waals surface area contributed by atoms with Gasteiger partial charge in [-0.15, -0.1) is 0 Å². The fraction of sp³-hybridized carbons (Fsp3) is 0.583. The molecule has 2 amide bonds. The van der Waals surface area contributed by atoms with Gasteiger partial charge in [-0.2, -0.15) is 5.10 Å². The van der Waals surface area contributed by atoms with Crippen LogP contribution >= 0.6 is 0 Å². The van der Waals surface area contributed by atoms with Crippen LogP contribution in [0.5, 0.6) is 0 Å². The van der Waals surface area contributed by atoms with E-state index >= 15 is 0 Å². The van der Waals surface area contributed by atoms with Crippen LogP contribution in [-0.2, 0) is 11.3 Å². The molecule has 1 aromatic heterocycles. The van der Waals surface area contributed by atoms with Crippen molar-refractivity contribution >= 4 is 11.8 Å². The Hall–Kier alpha value is -1.85. The molecule has 0 aliphatic carbocycles. The summed E-state index contributed by atoms with van der Waals surface area (Å²) in [6.45, 7) is 6.04. The molecule has 0 aromatic carbocycles. The van der Waals surface area contributed by atoms with E-state index in [0.717, 1.165) is 5.69 Å². The zero-order valence-corrected chi connectivity index (χ0v) is 10.8. The molecule has 0 bridgehead atoms. The molecule has 1 aliphatic rings. The molecule has 2 rings (SSSR count). The average molecular weight is 250 g/mol. The number of nitrogens with one attached hydrogen (secondary N) is 1. The van der Waals surface area contributed by atoms with Crippen molar-refractivity contribution in [3.8, 4) is 0 Å². The highest BCUT2D eigenvalue weighted by molar-refractivity contribution is 5.93. The molecule has 1 aromatic rings. The van der Waals surface area contributed by atoms with Gasteiger partial charge in [0.15, 0.2) is 0 Å². The van der Waals surface area contributed by atoms with Crippen LogP contribution in [0.3, 0.4) is 0 Å². The Balaban J connectivity index is 2.17. The molecule has 0 spiro atoms. The van der Waals surface area contributed by atoms with Gasteiger partial charge in [-0.25, -0.2) is 0 Å². The summed E-state index contributed by atoms with van der Waals surface area (Å²) in [5.41, 5.74) is 1.44. The van der Waals surface area contributed by atoms with Crippen LogP contribution in [0.15, 0.2) is 6.07 Å². The molecule has 1 saturated heterocycles. The minimum absolute atomic E-state index is 0.00507. The normalized spacial score (nSPS) is 16.3. The van der Waals surface area contributed by atoms with Crippen molar-refractivity contribution in [3.05, 3.63) is 17.5 Å². The van der Waals surface area contributed by atoms with Gasteiger partial charge >= 0.3 is 0 Å². The molecule has 1 N–H and O–H groups in total. The smallest absolute Gasteiger partial charge is 0.272 e. The molecule has 1 aliphatic heterocycles. The van der Waals surface area contributed by atoms with Crippen molar-refractivity contribution in [2.45, 2.75) is 26.8 Å². The van der Waals surface area contributed by atoms with E-state index in [4.69, 9.17) is 0 Å². The maximum Gasteiger partial charge on any atom is 0.272 e. The van der Waals surface area contributed by atoms with Gasteiger partial charge in [0, 0.05) is 32.6 Å². The van der Waals surface area contributed by atoms with Gasteiger partial charge < -0.3 is 10.2 Å². The Labute approximate surface area is 106 Å². The second-order valence-corrected chi connectivity index (χ2v) is 4.38. The predicted molar refractivity (Wildman–Crippen MR) is 66.2 cm³/mol.